The van der Waals surface area contributed by atoms with E-state index in [0.717, 1.165) is 23.3 Å². The lowest BCUT2D eigenvalue weighted by Gasteiger charge is -2.28. The standard InChI is InChI=1S/C22H30N4O3/c1-8-26(14(2)3)17-11-9-10-16-21(17)25(4)22(23-16)24-20-18(28-6)12-15(27-5)13-19(20)29-7/h9-14H,8H2,1-7H3,(H,23,24). The van der Waals surface area contributed by atoms with Crippen LogP contribution in [-0.4, -0.2) is 43.5 Å². The van der Waals surface area contributed by atoms with Crippen molar-refractivity contribution >= 4 is 28.4 Å². The van der Waals surface area contributed by atoms with E-state index in [4.69, 9.17) is 19.2 Å². The predicted octanol–water partition coefficient (Wildman–Crippen LogP) is 4.58. The summed E-state index contributed by atoms with van der Waals surface area (Å²) in [6.45, 7) is 7.49. The first-order valence-electron chi connectivity index (χ1n) is 9.74. The van der Waals surface area contributed by atoms with E-state index in [1.165, 1.54) is 0 Å². The first kappa shape index (κ1) is 20.6. The normalized spacial score (nSPS) is 11.0. The van der Waals surface area contributed by atoms with Crippen molar-refractivity contribution in [2.24, 2.45) is 7.05 Å². The predicted molar refractivity (Wildman–Crippen MR) is 118 cm³/mol. The summed E-state index contributed by atoms with van der Waals surface area (Å²) in [5.74, 6) is 2.60. The van der Waals surface area contributed by atoms with Gasteiger partial charge in [-0.15, -0.1) is 0 Å². The number of rotatable bonds is 8. The number of hydrogen-bond acceptors (Lipinski definition) is 6. The molecule has 1 N–H and O–H groups in total. The monoisotopic (exact) mass is 398 g/mol. The van der Waals surface area contributed by atoms with Crippen molar-refractivity contribution in [3.63, 3.8) is 0 Å². The van der Waals surface area contributed by atoms with E-state index in [0.29, 0.717) is 34.9 Å². The van der Waals surface area contributed by atoms with Crippen LogP contribution < -0.4 is 24.4 Å². The summed E-state index contributed by atoms with van der Waals surface area (Å²) in [7, 11) is 6.86. The number of aryl methyl sites for hydroxylation is 1. The first-order valence-corrected chi connectivity index (χ1v) is 9.74. The second-order valence-corrected chi connectivity index (χ2v) is 7.05. The Hall–Kier alpha value is -3.09. The van der Waals surface area contributed by atoms with E-state index >= 15 is 0 Å². The van der Waals surface area contributed by atoms with Gasteiger partial charge in [-0.3, -0.25) is 0 Å². The van der Waals surface area contributed by atoms with Gasteiger partial charge in [0.1, 0.15) is 22.9 Å². The largest absolute Gasteiger partial charge is 0.496 e. The van der Waals surface area contributed by atoms with Gasteiger partial charge in [0.2, 0.25) is 5.95 Å². The van der Waals surface area contributed by atoms with E-state index in [-0.39, 0.29) is 0 Å². The molecule has 0 atom stereocenters. The Morgan fingerprint density at radius 2 is 1.72 bits per heavy atom. The van der Waals surface area contributed by atoms with Crippen molar-refractivity contribution < 1.29 is 14.2 Å². The number of para-hydroxylation sites is 1. The van der Waals surface area contributed by atoms with Gasteiger partial charge in [-0.25, -0.2) is 4.98 Å². The van der Waals surface area contributed by atoms with Gasteiger partial charge in [0.05, 0.1) is 38.1 Å². The first-order chi connectivity index (χ1) is 13.9. The molecular formula is C22H30N4O3. The highest BCUT2D eigenvalue weighted by Crippen LogP contribution is 2.41. The molecule has 29 heavy (non-hydrogen) atoms. The number of methoxy groups -OCH3 is 3. The molecule has 7 heteroatoms. The molecule has 0 saturated carbocycles. The molecule has 156 valence electrons. The van der Waals surface area contributed by atoms with Crippen LogP contribution >= 0.6 is 0 Å². The van der Waals surface area contributed by atoms with Crippen molar-refractivity contribution in [1.29, 1.82) is 0 Å². The van der Waals surface area contributed by atoms with Crippen LogP contribution in [0.2, 0.25) is 0 Å². The lowest BCUT2D eigenvalue weighted by Crippen LogP contribution is -2.30. The van der Waals surface area contributed by atoms with Gasteiger partial charge in [-0.05, 0) is 32.9 Å². The molecule has 0 saturated heterocycles. The van der Waals surface area contributed by atoms with Gasteiger partial charge in [-0.2, -0.15) is 0 Å². The molecule has 0 amide bonds. The number of anilines is 3. The zero-order chi connectivity index (χ0) is 21.1. The van der Waals surface area contributed by atoms with Gasteiger partial charge in [0, 0.05) is 31.8 Å². The fourth-order valence-electron chi connectivity index (χ4n) is 3.65. The average Bonchev–Trinajstić information content (AvgIpc) is 3.04. The molecule has 7 nitrogen and oxygen atoms in total. The Labute approximate surface area is 172 Å². The summed E-state index contributed by atoms with van der Waals surface area (Å²) in [4.78, 5) is 7.18. The minimum absolute atomic E-state index is 0.388. The zero-order valence-electron chi connectivity index (χ0n) is 18.2. The smallest absolute Gasteiger partial charge is 0.208 e. The third-order valence-corrected chi connectivity index (χ3v) is 5.10. The van der Waals surface area contributed by atoms with Crippen LogP contribution in [0.3, 0.4) is 0 Å². The van der Waals surface area contributed by atoms with E-state index in [1.54, 1.807) is 21.3 Å². The Morgan fingerprint density at radius 1 is 1.07 bits per heavy atom. The number of ether oxygens (including phenoxy) is 3. The molecule has 0 aliphatic heterocycles. The third-order valence-electron chi connectivity index (χ3n) is 5.10. The van der Waals surface area contributed by atoms with E-state index < -0.39 is 0 Å². The van der Waals surface area contributed by atoms with Crippen molar-refractivity contribution in [3.8, 4) is 17.2 Å². The molecule has 3 rings (SSSR count). The number of nitrogens with one attached hydrogen (secondary N) is 1. The lowest BCUT2D eigenvalue weighted by atomic mass is 10.2. The van der Waals surface area contributed by atoms with E-state index in [2.05, 4.69) is 41.6 Å². The Balaban J connectivity index is 2.12. The van der Waals surface area contributed by atoms with Crippen LogP contribution in [-0.2, 0) is 7.05 Å². The van der Waals surface area contributed by atoms with E-state index in [1.807, 2.05) is 31.3 Å². The molecule has 1 heterocycles. The summed E-state index contributed by atoms with van der Waals surface area (Å²) in [6, 6.07) is 10.2. The number of hydrogen-bond donors (Lipinski definition) is 1. The summed E-state index contributed by atoms with van der Waals surface area (Å²) in [6.07, 6.45) is 0. The van der Waals surface area contributed by atoms with Crippen molar-refractivity contribution in [2.45, 2.75) is 26.8 Å². The van der Waals surface area contributed by atoms with Gasteiger partial charge in [0.15, 0.2) is 0 Å². The number of benzene rings is 2. The number of fused-ring (bicyclic) bond motifs is 1. The molecule has 0 aliphatic rings. The summed E-state index contributed by atoms with van der Waals surface area (Å²) in [5.41, 5.74) is 3.87. The van der Waals surface area contributed by atoms with E-state index in [9.17, 15) is 0 Å². The fourth-order valence-corrected chi connectivity index (χ4v) is 3.65. The van der Waals surface area contributed by atoms with Crippen LogP contribution in [0.15, 0.2) is 30.3 Å². The molecule has 0 radical (unpaired) electrons. The molecule has 0 unspecified atom stereocenters. The van der Waals surface area contributed by atoms with Crippen molar-refractivity contribution in [2.75, 3.05) is 38.1 Å². The molecule has 0 aliphatic carbocycles. The molecular weight excluding hydrogens is 368 g/mol. The Morgan fingerprint density at radius 3 is 2.24 bits per heavy atom. The minimum Gasteiger partial charge on any atom is -0.496 e. The average molecular weight is 399 g/mol. The number of imidazole rings is 1. The Kier molecular flexibility index (Phi) is 6.06. The summed E-state index contributed by atoms with van der Waals surface area (Å²) >= 11 is 0. The van der Waals surface area contributed by atoms with Crippen LogP contribution in [0, 0.1) is 0 Å². The second kappa shape index (κ2) is 8.51. The maximum absolute atomic E-state index is 5.56. The maximum Gasteiger partial charge on any atom is 0.208 e. The van der Waals surface area contributed by atoms with Crippen LogP contribution in [0.4, 0.5) is 17.3 Å². The molecule has 2 aromatic carbocycles. The third kappa shape index (κ3) is 3.77. The molecule has 3 aromatic rings. The second-order valence-electron chi connectivity index (χ2n) is 7.05. The van der Waals surface area contributed by atoms with Gasteiger partial charge < -0.3 is 29.0 Å². The number of aromatic nitrogens is 2. The highest BCUT2D eigenvalue weighted by atomic mass is 16.5. The SMILES string of the molecule is CCN(c1cccc2nc(Nc3c(OC)cc(OC)cc3OC)n(C)c12)C(C)C. The summed E-state index contributed by atoms with van der Waals surface area (Å²) in [5, 5.41) is 3.39. The van der Waals surface area contributed by atoms with Gasteiger partial charge >= 0.3 is 0 Å². The molecule has 0 fully saturated rings. The highest BCUT2D eigenvalue weighted by molar-refractivity contribution is 5.92. The zero-order valence-corrected chi connectivity index (χ0v) is 18.2. The summed E-state index contributed by atoms with van der Waals surface area (Å²) < 4.78 is 18.5. The Bertz CT molecular complexity index is 972. The van der Waals surface area contributed by atoms with Crippen LogP contribution in [0.1, 0.15) is 20.8 Å². The van der Waals surface area contributed by atoms with Crippen molar-refractivity contribution in [3.05, 3.63) is 30.3 Å². The van der Waals surface area contributed by atoms with Gasteiger partial charge in [-0.1, -0.05) is 6.07 Å². The maximum atomic E-state index is 5.56. The fraction of sp³-hybridized carbons (Fsp3) is 0.409. The van der Waals surface area contributed by atoms with Crippen LogP contribution in [0.5, 0.6) is 17.2 Å². The van der Waals surface area contributed by atoms with Crippen molar-refractivity contribution in [1.82, 2.24) is 9.55 Å². The molecule has 0 bridgehead atoms. The van der Waals surface area contributed by atoms with Gasteiger partial charge in [0.25, 0.3) is 0 Å². The molecule has 1 aromatic heterocycles. The minimum atomic E-state index is 0.388. The quantitative estimate of drug-likeness (QED) is 0.599. The van der Waals surface area contributed by atoms with Crippen LogP contribution in [0.25, 0.3) is 11.0 Å². The highest BCUT2D eigenvalue weighted by Gasteiger charge is 2.20. The molecule has 0 spiro atoms. The number of nitrogens with zero attached hydrogens (tertiary/aromatic N) is 3. The topological polar surface area (TPSA) is 60.8 Å². The lowest BCUT2D eigenvalue weighted by molar-refractivity contribution is 0.378.